The van der Waals surface area contributed by atoms with Crippen LogP contribution in [0.25, 0.3) is 0 Å². The SMILES string of the molecule is CNC(=O)c1ccc(CN2CCN[C@@H](C)C2)cc1. The van der Waals surface area contributed by atoms with Crippen LogP contribution in [0.1, 0.15) is 22.8 Å². The summed E-state index contributed by atoms with van der Waals surface area (Å²) in [5.74, 6) is -0.0302. The van der Waals surface area contributed by atoms with Crippen molar-refractivity contribution in [3.05, 3.63) is 35.4 Å². The van der Waals surface area contributed by atoms with Crippen molar-refractivity contribution in [1.82, 2.24) is 15.5 Å². The third-order valence-corrected chi connectivity index (χ3v) is 3.30. The number of nitrogens with zero attached hydrogens (tertiary/aromatic N) is 1. The molecule has 98 valence electrons. The molecule has 0 bridgehead atoms. The molecular weight excluding hydrogens is 226 g/mol. The van der Waals surface area contributed by atoms with E-state index in [0.29, 0.717) is 6.04 Å². The first-order valence-corrected chi connectivity index (χ1v) is 6.46. The number of carbonyl (C=O) groups is 1. The van der Waals surface area contributed by atoms with Gasteiger partial charge in [-0.25, -0.2) is 0 Å². The lowest BCUT2D eigenvalue weighted by Crippen LogP contribution is -2.48. The minimum absolute atomic E-state index is 0.0302. The quantitative estimate of drug-likeness (QED) is 0.832. The van der Waals surface area contributed by atoms with Crippen molar-refractivity contribution in [3.8, 4) is 0 Å². The molecule has 4 heteroatoms. The van der Waals surface area contributed by atoms with E-state index in [1.807, 2.05) is 24.3 Å². The zero-order valence-corrected chi connectivity index (χ0v) is 11.1. The molecule has 1 aromatic rings. The molecule has 1 fully saturated rings. The first-order chi connectivity index (χ1) is 8.69. The Bertz CT molecular complexity index is 402. The molecule has 1 aromatic carbocycles. The molecule has 1 atom stereocenters. The highest BCUT2D eigenvalue weighted by Gasteiger charge is 2.15. The fraction of sp³-hybridized carbons (Fsp3) is 0.500. The van der Waals surface area contributed by atoms with Crippen LogP contribution in [0.3, 0.4) is 0 Å². The molecule has 18 heavy (non-hydrogen) atoms. The van der Waals surface area contributed by atoms with Gasteiger partial charge in [-0.3, -0.25) is 9.69 Å². The summed E-state index contributed by atoms with van der Waals surface area (Å²) in [6.07, 6.45) is 0. The van der Waals surface area contributed by atoms with Crippen LogP contribution in [0.5, 0.6) is 0 Å². The van der Waals surface area contributed by atoms with Crippen LogP contribution in [-0.4, -0.2) is 43.5 Å². The van der Waals surface area contributed by atoms with Gasteiger partial charge in [0.2, 0.25) is 0 Å². The fourth-order valence-corrected chi connectivity index (χ4v) is 2.32. The van der Waals surface area contributed by atoms with Crippen LogP contribution in [0.2, 0.25) is 0 Å². The molecule has 1 amide bonds. The molecule has 1 heterocycles. The van der Waals surface area contributed by atoms with E-state index in [0.717, 1.165) is 31.7 Å². The standard InChI is InChI=1S/C14H21N3O/c1-11-9-17(8-7-16-11)10-12-3-5-13(6-4-12)14(18)15-2/h3-6,11,16H,7-10H2,1-2H3,(H,15,18)/t11-/m0/s1. The highest BCUT2D eigenvalue weighted by Crippen LogP contribution is 2.09. The summed E-state index contributed by atoms with van der Waals surface area (Å²) in [6, 6.07) is 8.41. The van der Waals surface area contributed by atoms with E-state index in [-0.39, 0.29) is 5.91 Å². The predicted octanol–water partition coefficient (Wildman–Crippen LogP) is 0.840. The molecule has 1 aliphatic rings. The van der Waals surface area contributed by atoms with Crippen molar-refractivity contribution >= 4 is 5.91 Å². The number of piperazine rings is 1. The lowest BCUT2D eigenvalue weighted by atomic mass is 10.1. The van der Waals surface area contributed by atoms with Crippen molar-refractivity contribution in [1.29, 1.82) is 0 Å². The zero-order valence-electron chi connectivity index (χ0n) is 11.1. The minimum Gasteiger partial charge on any atom is -0.355 e. The van der Waals surface area contributed by atoms with E-state index >= 15 is 0 Å². The second-order valence-electron chi connectivity index (χ2n) is 4.87. The second-order valence-corrected chi connectivity index (χ2v) is 4.87. The van der Waals surface area contributed by atoms with E-state index in [4.69, 9.17) is 0 Å². The second kappa shape index (κ2) is 5.98. The van der Waals surface area contributed by atoms with Crippen LogP contribution >= 0.6 is 0 Å². The summed E-state index contributed by atoms with van der Waals surface area (Å²) >= 11 is 0. The number of hydrogen-bond acceptors (Lipinski definition) is 3. The normalized spacial score (nSPS) is 20.7. The monoisotopic (exact) mass is 247 g/mol. The lowest BCUT2D eigenvalue weighted by Gasteiger charge is -2.31. The third-order valence-electron chi connectivity index (χ3n) is 3.30. The van der Waals surface area contributed by atoms with E-state index in [1.54, 1.807) is 7.05 Å². The number of carbonyl (C=O) groups excluding carboxylic acids is 1. The van der Waals surface area contributed by atoms with Gasteiger partial charge in [0.25, 0.3) is 5.91 Å². The molecular formula is C14H21N3O. The smallest absolute Gasteiger partial charge is 0.251 e. The predicted molar refractivity (Wildman–Crippen MR) is 72.6 cm³/mol. The lowest BCUT2D eigenvalue weighted by molar-refractivity contribution is 0.0963. The summed E-state index contributed by atoms with van der Waals surface area (Å²) in [5.41, 5.74) is 1.98. The molecule has 0 radical (unpaired) electrons. The Morgan fingerprint density at radius 3 is 2.78 bits per heavy atom. The number of hydrogen-bond donors (Lipinski definition) is 2. The molecule has 0 saturated carbocycles. The zero-order chi connectivity index (χ0) is 13.0. The molecule has 0 aromatic heterocycles. The Balaban J connectivity index is 1.95. The Hall–Kier alpha value is -1.39. The van der Waals surface area contributed by atoms with E-state index in [9.17, 15) is 4.79 Å². The van der Waals surface area contributed by atoms with Crippen LogP contribution in [-0.2, 0) is 6.54 Å². The van der Waals surface area contributed by atoms with Gasteiger partial charge < -0.3 is 10.6 Å². The van der Waals surface area contributed by atoms with Crippen molar-refractivity contribution in [3.63, 3.8) is 0 Å². The molecule has 1 saturated heterocycles. The largest absolute Gasteiger partial charge is 0.355 e. The number of rotatable bonds is 3. The Kier molecular flexibility index (Phi) is 4.33. The summed E-state index contributed by atoms with van der Waals surface area (Å²) in [6.45, 7) is 6.39. The summed E-state index contributed by atoms with van der Waals surface area (Å²) in [5, 5.41) is 6.07. The third kappa shape index (κ3) is 3.31. The van der Waals surface area contributed by atoms with Crippen LogP contribution in [0, 0.1) is 0 Å². The van der Waals surface area contributed by atoms with Gasteiger partial charge in [0.05, 0.1) is 0 Å². The van der Waals surface area contributed by atoms with Gasteiger partial charge in [0, 0.05) is 44.8 Å². The van der Waals surface area contributed by atoms with E-state index in [2.05, 4.69) is 22.5 Å². The van der Waals surface area contributed by atoms with Gasteiger partial charge in [-0.2, -0.15) is 0 Å². The molecule has 0 spiro atoms. The van der Waals surface area contributed by atoms with Crippen molar-refractivity contribution in [2.24, 2.45) is 0 Å². The number of amides is 1. The van der Waals surface area contributed by atoms with Crippen molar-refractivity contribution in [2.75, 3.05) is 26.7 Å². The maximum Gasteiger partial charge on any atom is 0.251 e. The maximum absolute atomic E-state index is 11.4. The van der Waals surface area contributed by atoms with Gasteiger partial charge in [0.15, 0.2) is 0 Å². The van der Waals surface area contributed by atoms with Crippen molar-refractivity contribution < 1.29 is 4.79 Å². The topological polar surface area (TPSA) is 44.4 Å². The van der Waals surface area contributed by atoms with E-state index in [1.165, 1.54) is 5.56 Å². The average Bonchev–Trinajstić information content (AvgIpc) is 2.39. The highest BCUT2D eigenvalue weighted by molar-refractivity contribution is 5.93. The Morgan fingerprint density at radius 2 is 2.17 bits per heavy atom. The molecule has 4 nitrogen and oxygen atoms in total. The van der Waals surface area contributed by atoms with Gasteiger partial charge >= 0.3 is 0 Å². The Morgan fingerprint density at radius 1 is 1.44 bits per heavy atom. The summed E-state index contributed by atoms with van der Waals surface area (Å²) < 4.78 is 0. The molecule has 0 unspecified atom stereocenters. The molecule has 1 aliphatic heterocycles. The van der Waals surface area contributed by atoms with E-state index < -0.39 is 0 Å². The van der Waals surface area contributed by atoms with Gasteiger partial charge in [0.1, 0.15) is 0 Å². The molecule has 0 aliphatic carbocycles. The van der Waals surface area contributed by atoms with Crippen LogP contribution in [0.4, 0.5) is 0 Å². The number of benzene rings is 1. The van der Waals surface area contributed by atoms with Crippen LogP contribution in [0.15, 0.2) is 24.3 Å². The maximum atomic E-state index is 11.4. The van der Waals surface area contributed by atoms with Gasteiger partial charge in [-0.15, -0.1) is 0 Å². The Labute approximate surface area is 108 Å². The van der Waals surface area contributed by atoms with Gasteiger partial charge in [-0.1, -0.05) is 12.1 Å². The minimum atomic E-state index is -0.0302. The van der Waals surface area contributed by atoms with Crippen molar-refractivity contribution in [2.45, 2.75) is 19.5 Å². The first-order valence-electron chi connectivity index (χ1n) is 6.46. The van der Waals surface area contributed by atoms with Crippen LogP contribution < -0.4 is 10.6 Å². The fourth-order valence-electron chi connectivity index (χ4n) is 2.32. The first kappa shape index (κ1) is 13.1. The highest BCUT2D eigenvalue weighted by atomic mass is 16.1. The summed E-state index contributed by atoms with van der Waals surface area (Å²) in [4.78, 5) is 13.9. The number of nitrogens with one attached hydrogen (secondary N) is 2. The van der Waals surface area contributed by atoms with Gasteiger partial charge in [-0.05, 0) is 24.6 Å². The summed E-state index contributed by atoms with van der Waals surface area (Å²) in [7, 11) is 1.65. The average molecular weight is 247 g/mol. The molecule has 2 N–H and O–H groups in total. The molecule has 2 rings (SSSR count).